The van der Waals surface area contributed by atoms with Gasteiger partial charge in [-0.2, -0.15) is 0 Å². The lowest BCUT2D eigenvalue weighted by Crippen LogP contribution is -2.34. The number of carbonyl (C=O) groups is 1. The zero-order valence-electron chi connectivity index (χ0n) is 17.5. The molecule has 0 N–H and O–H groups in total. The molecule has 156 valence electrons. The van der Waals surface area contributed by atoms with Crippen LogP contribution in [-0.4, -0.2) is 27.1 Å². The third kappa shape index (κ3) is 3.33. The molecule has 0 aliphatic carbocycles. The summed E-state index contributed by atoms with van der Waals surface area (Å²) < 4.78 is 8.96. The number of hydrogen-bond donors (Lipinski definition) is 0. The van der Waals surface area contributed by atoms with Crippen molar-refractivity contribution in [3.8, 4) is 11.4 Å². The Labute approximate surface area is 180 Å². The summed E-state index contributed by atoms with van der Waals surface area (Å²) in [6, 6.07) is 17.2. The molecule has 0 bridgehead atoms. The third-order valence-corrected chi connectivity index (χ3v) is 6.74. The first-order valence-corrected chi connectivity index (χ1v) is 10.9. The molecule has 0 saturated carbocycles. The van der Waals surface area contributed by atoms with Gasteiger partial charge in [-0.05, 0) is 50.6 Å². The van der Waals surface area contributed by atoms with E-state index in [0.717, 1.165) is 22.7 Å². The summed E-state index contributed by atoms with van der Waals surface area (Å²) in [5, 5.41) is -0.494. The standard InChI is InChI=1S/C23H25N3O3S/c1-5-29-19-13-11-17(12-14-19)23-25(21(27)16(3)30-23)20-15(2)24(4)26(22(20)28)18-9-7-6-8-10-18/h6-14,16,23H,5H2,1-4H3. The van der Waals surface area contributed by atoms with E-state index in [-0.39, 0.29) is 22.1 Å². The highest BCUT2D eigenvalue weighted by Gasteiger charge is 2.42. The van der Waals surface area contributed by atoms with Gasteiger partial charge < -0.3 is 4.74 Å². The van der Waals surface area contributed by atoms with Crippen LogP contribution >= 0.6 is 11.8 Å². The summed E-state index contributed by atoms with van der Waals surface area (Å²) in [5.41, 5.74) is 2.73. The van der Waals surface area contributed by atoms with Crippen molar-refractivity contribution >= 4 is 23.4 Å². The number of rotatable bonds is 5. The van der Waals surface area contributed by atoms with Crippen LogP contribution in [0.25, 0.3) is 5.69 Å². The van der Waals surface area contributed by atoms with Gasteiger partial charge in [0.2, 0.25) is 5.91 Å². The van der Waals surface area contributed by atoms with Crippen LogP contribution < -0.4 is 15.2 Å². The molecule has 2 unspecified atom stereocenters. The molecule has 3 aromatic rings. The van der Waals surface area contributed by atoms with Gasteiger partial charge in [0.25, 0.3) is 5.56 Å². The number of hydrogen-bond acceptors (Lipinski definition) is 4. The topological polar surface area (TPSA) is 56.5 Å². The Morgan fingerprint density at radius 3 is 2.33 bits per heavy atom. The van der Waals surface area contributed by atoms with Gasteiger partial charge in [0.05, 0.1) is 23.2 Å². The predicted octanol–water partition coefficient (Wildman–Crippen LogP) is 4.05. The molecule has 0 radical (unpaired) electrons. The molecule has 2 aromatic carbocycles. The van der Waals surface area contributed by atoms with Crippen molar-refractivity contribution in [2.75, 3.05) is 11.5 Å². The molecular formula is C23H25N3O3S. The number of nitrogens with zero attached hydrogens (tertiary/aromatic N) is 3. The number of amides is 1. The maximum Gasteiger partial charge on any atom is 0.295 e. The molecule has 1 saturated heterocycles. The summed E-state index contributed by atoms with van der Waals surface area (Å²) in [6.07, 6.45) is 0. The smallest absolute Gasteiger partial charge is 0.295 e. The molecule has 1 amide bonds. The first-order chi connectivity index (χ1) is 14.4. The van der Waals surface area contributed by atoms with Crippen molar-refractivity contribution in [3.05, 3.63) is 76.2 Å². The molecular weight excluding hydrogens is 398 g/mol. The number of thioether (sulfide) groups is 1. The minimum Gasteiger partial charge on any atom is -0.494 e. The second kappa shape index (κ2) is 8.07. The van der Waals surface area contributed by atoms with Crippen molar-refractivity contribution in [2.45, 2.75) is 31.4 Å². The van der Waals surface area contributed by atoms with Gasteiger partial charge >= 0.3 is 0 Å². The van der Waals surface area contributed by atoms with Gasteiger partial charge in [-0.15, -0.1) is 11.8 Å². The summed E-state index contributed by atoms with van der Waals surface area (Å²) in [5.74, 6) is 0.738. The minimum absolute atomic E-state index is 0.0510. The second-order valence-electron chi connectivity index (χ2n) is 7.25. The van der Waals surface area contributed by atoms with Crippen LogP contribution in [0.1, 0.15) is 30.5 Å². The summed E-state index contributed by atoms with van der Waals surface area (Å²) in [4.78, 5) is 28.3. The van der Waals surface area contributed by atoms with Crippen LogP contribution in [0.4, 0.5) is 5.69 Å². The molecule has 30 heavy (non-hydrogen) atoms. The first kappa shape index (κ1) is 20.3. The predicted molar refractivity (Wildman–Crippen MR) is 121 cm³/mol. The highest BCUT2D eigenvalue weighted by Crippen LogP contribution is 2.45. The van der Waals surface area contributed by atoms with E-state index < -0.39 is 0 Å². The van der Waals surface area contributed by atoms with E-state index in [1.807, 2.05) is 87.1 Å². The number of aromatic nitrogens is 2. The second-order valence-corrected chi connectivity index (χ2v) is 8.68. The maximum absolute atomic E-state index is 13.5. The highest BCUT2D eigenvalue weighted by molar-refractivity contribution is 8.01. The van der Waals surface area contributed by atoms with Crippen LogP contribution in [0.3, 0.4) is 0 Å². The van der Waals surface area contributed by atoms with Gasteiger partial charge in [-0.3, -0.25) is 19.2 Å². The van der Waals surface area contributed by atoms with E-state index in [2.05, 4.69) is 0 Å². The normalized spacial score (nSPS) is 18.8. The van der Waals surface area contributed by atoms with Crippen LogP contribution in [0.2, 0.25) is 0 Å². The Balaban J connectivity index is 1.81. The maximum atomic E-state index is 13.5. The fourth-order valence-corrected chi connectivity index (χ4v) is 5.07. The van der Waals surface area contributed by atoms with E-state index in [1.165, 1.54) is 0 Å². The monoisotopic (exact) mass is 423 g/mol. The van der Waals surface area contributed by atoms with E-state index in [9.17, 15) is 9.59 Å². The fourth-order valence-electron chi connectivity index (χ4n) is 3.81. The van der Waals surface area contributed by atoms with Crippen LogP contribution in [-0.2, 0) is 11.8 Å². The van der Waals surface area contributed by atoms with E-state index in [4.69, 9.17) is 4.74 Å². The Morgan fingerprint density at radius 1 is 1.03 bits per heavy atom. The van der Waals surface area contributed by atoms with Crippen molar-refractivity contribution in [1.29, 1.82) is 0 Å². The van der Waals surface area contributed by atoms with Crippen LogP contribution in [0.15, 0.2) is 59.4 Å². The Hall–Kier alpha value is -2.93. The van der Waals surface area contributed by atoms with Gasteiger partial charge in [0, 0.05) is 7.05 Å². The average molecular weight is 424 g/mol. The summed E-state index contributed by atoms with van der Waals surface area (Å²) in [6.45, 7) is 6.31. The van der Waals surface area contributed by atoms with Crippen molar-refractivity contribution in [1.82, 2.24) is 9.36 Å². The highest BCUT2D eigenvalue weighted by atomic mass is 32.2. The number of anilines is 1. The SMILES string of the molecule is CCOc1ccc(C2SC(C)C(=O)N2c2c(C)n(C)n(-c3ccccc3)c2=O)cc1. The van der Waals surface area contributed by atoms with Gasteiger partial charge in [0.1, 0.15) is 16.8 Å². The van der Waals surface area contributed by atoms with E-state index in [0.29, 0.717) is 12.3 Å². The Bertz CT molecular complexity index is 1120. The number of benzene rings is 2. The number of carbonyl (C=O) groups excluding carboxylic acids is 1. The van der Waals surface area contributed by atoms with Gasteiger partial charge in [-0.1, -0.05) is 30.3 Å². The zero-order chi connectivity index (χ0) is 21.4. The lowest BCUT2D eigenvalue weighted by molar-refractivity contribution is -0.117. The molecule has 4 rings (SSSR count). The lowest BCUT2D eigenvalue weighted by Gasteiger charge is -2.23. The van der Waals surface area contributed by atoms with E-state index >= 15 is 0 Å². The summed E-state index contributed by atoms with van der Waals surface area (Å²) >= 11 is 1.56. The molecule has 2 heterocycles. The number of ether oxygens (including phenoxy) is 1. The molecule has 7 heteroatoms. The quantitative estimate of drug-likeness (QED) is 0.621. The molecule has 0 spiro atoms. The van der Waals surface area contributed by atoms with Gasteiger partial charge in [0.15, 0.2) is 0 Å². The molecule has 2 atom stereocenters. The van der Waals surface area contributed by atoms with Crippen molar-refractivity contribution in [2.24, 2.45) is 7.05 Å². The Morgan fingerprint density at radius 2 is 1.70 bits per heavy atom. The molecule has 1 fully saturated rings. The number of para-hydroxylation sites is 1. The minimum atomic E-state index is -0.263. The first-order valence-electron chi connectivity index (χ1n) is 9.99. The third-order valence-electron chi connectivity index (χ3n) is 5.39. The van der Waals surface area contributed by atoms with Crippen LogP contribution in [0.5, 0.6) is 5.75 Å². The molecule has 6 nitrogen and oxygen atoms in total. The zero-order valence-corrected chi connectivity index (χ0v) is 18.3. The molecule has 1 aliphatic rings. The van der Waals surface area contributed by atoms with E-state index in [1.54, 1.807) is 21.3 Å². The molecule has 1 aliphatic heterocycles. The summed E-state index contributed by atoms with van der Waals surface area (Å²) in [7, 11) is 1.84. The fraction of sp³-hybridized carbons (Fsp3) is 0.304. The van der Waals surface area contributed by atoms with Gasteiger partial charge in [-0.25, -0.2) is 4.68 Å². The average Bonchev–Trinajstić information content (AvgIpc) is 3.16. The largest absolute Gasteiger partial charge is 0.494 e. The molecule has 1 aromatic heterocycles. The van der Waals surface area contributed by atoms with Crippen molar-refractivity contribution in [3.63, 3.8) is 0 Å². The van der Waals surface area contributed by atoms with Crippen molar-refractivity contribution < 1.29 is 9.53 Å². The van der Waals surface area contributed by atoms with Crippen LogP contribution in [0, 0.1) is 6.92 Å². The lowest BCUT2D eigenvalue weighted by atomic mass is 10.1. The Kier molecular flexibility index (Phi) is 5.47.